The van der Waals surface area contributed by atoms with E-state index in [1.807, 2.05) is 0 Å². The fourth-order valence-electron chi connectivity index (χ4n) is 2.21. The molecule has 0 bridgehead atoms. The summed E-state index contributed by atoms with van der Waals surface area (Å²) in [7, 11) is 0. The normalized spacial score (nSPS) is 14.6. The summed E-state index contributed by atoms with van der Waals surface area (Å²) in [6.07, 6.45) is 1.10. The van der Waals surface area contributed by atoms with Crippen molar-refractivity contribution in [2.24, 2.45) is 0 Å². The lowest BCUT2D eigenvalue weighted by Gasteiger charge is -2.13. The number of hydrogen-bond acceptors (Lipinski definition) is 3. The van der Waals surface area contributed by atoms with Gasteiger partial charge in [-0.05, 0) is 24.1 Å². The van der Waals surface area contributed by atoms with Crippen molar-refractivity contribution in [2.75, 3.05) is 13.1 Å². The molecular formula is C15H17FN2O3. The number of carbonyl (C=O) groups is 3. The summed E-state index contributed by atoms with van der Waals surface area (Å²) in [4.78, 5) is 35.5. The molecule has 3 amide bonds. The smallest absolute Gasteiger partial charge is 0.229 e. The maximum Gasteiger partial charge on any atom is 0.229 e. The number of nitrogens with zero attached hydrogens (tertiary/aromatic N) is 1. The molecule has 1 N–H and O–H groups in total. The molecule has 0 saturated carbocycles. The van der Waals surface area contributed by atoms with Gasteiger partial charge in [-0.15, -0.1) is 0 Å². The zero-order chi connectivity index (χ0) is 15.2. The Morgan fingerprint density at radius 1 is 1.24 bits per heavy atom. The fraction of sp³-hybridized carbons (Fsp3) is 0.400. The average Bonchev–Trinajstić information content (AvgIpc) is 2.76. The summed E-state index contributed by atoms with van der Waals surface area (Å²) in [5.74, 6) is -0.955. The minimum absolute atomic E-state index is 0.0978. The maximum atomic E-state index is 13.0. The van der Waals surface area contributed by atoms with Crippen molar-refractivity contribution in [3.8, 4) is 0 Å². The van der Waals surface area contributed by atoms with Crippen molar-refractivity contribution in [3.63, 3.8) is 0 Å². The van der Waals surface area contributed by atoms with E-state index in [2.05, 4.69) is 5.32 Å². The van der Waals surface area contributed by atoms with Gasteiger partial charge in [0.1, 0.15) is 5.82 Å². The highest BCUT2D eigenvalue weighted by Gasteiger charge is 2.28. The second-order valence-electron chi connectivity index (χ2n) is 4.92. The van der Waals surface area contributed by atoms with Crippen LogP contribution >= 0.6 is 0 Å². The topological polar surface area (TPSA) is 66.5 Å². The summed E-state index contributed by atoms with van der Waals surface area (Å²) in [5.41, 5.74) is 0.806. The lowest BCUT2D eigenvalue weighted by molar-refractivity contribution is -0.138. The summed E-state index contributed by atoms with van der Waals surface area (Å²) in [5, 5.41) is 2.69. The third kappa shape index (κ3) is 4.37. The van der Waals surface area contributed by atoms with Gasteiger partial charge < -0.3 is 5.32 Å². The predicted octanol–water partition coefficient (Wildman–Crippen LogP) is 1.02. The number of rotatable bonds is 6. The SMILES string of the molecule is O=C(CCN1C(=O)CCC1=O)NCCc1cccc(F)c1. The van der Waals surface area contributed by atoms with Gasteiger partial charge in [-0.25, -0.2) is 4.39 Å². The third-order valence-corrected chi connectivity index (χ3v) is 3.34. The van der Waals surface area contributed by atoms with E-state index < -0.39 is 0 Å². The van der Waals surface area contributed by atoms with Crippen LogP contribution in [0.2, 0.25) is 0 Å². The van der Waals surface area contributed by atoms with Crippen molar-refractivity contribution in [3.05, 3.63) is 35.6 Å². The predicted molar refractivity (Wildman–Crippen MR) is 73.7 cm³/mol. The molecule has 0 aliphatic carbocycles. The third-order valence-electron chi connectivity index (χ3n) is 3.34. The number of imide groups is 1. The molecule has 2 rings (SSSR count). The van der Waals surface area contributed by atoms with Crippen molar-refractivity contribution in [1.82, 2.24) is 10.2 Å². The second kappa shape index (κ2) is 6.97. The quantitative estimate of drug-likeness (QED) is 0.796. The van der Waals surface area contributed by atoms with Crippen LogP contribution in [0.25, 0.3) is 0 Å². The molecule has 1 aliphatic rings. The van der Waals surface area contributed by atoms with E-state index in [0.717, 1.165) is 10.5 Å². The van der Waals surface area contributed by atoms with E-state index in [1.54, 1.807) is 12.1 Å². The summed E-state index contributed by atoms with van der Waals surface area (Å²) in [6, 6.07) is 6.20. The molecule has 1 aromatic rings. The Labute approximate surface area is 122 Å². The molecule has 1 aromatic carbocycles. The molecule has 0 radical (unpaired) electrons. The number of carbonyl (C=O) groups excluding carboxylic acids is 3. The molecule has 0 spiro atoms. The number of halogens is 1. The van der Waals surface area contributed by atoms with Crippen LogP contribution in [0.3, 0.4) is 0 Å². The van der Waals surface area contributed by atoms with Crippen LogP contribution in [0, 0.1) is 5.82 Å². The largest absolute Gasteiger partial charge is 0.356 e. The summed E-state index contributed by atoms with van der Waals surface area (Å²) in [6.45, 7) is 0.521. The van der Waals surface area contributed by atoms with Gasteiger partial charge in [0.15, 0.2) is 0 Å². The Morgan fingerprint density at radius 2 is 1.95 bits per heavy atom. The van der Waals surface area contributed by atoms with E-state index in [-0.39, 0.29) is 49.3 Å². The van der Waals surface area contributed by atoms with Crippen molar-refractivity contribution in [2.45, 2.75) is 25.7 Å². The van der Waals surface area contributed by atoms with Crippen LogP contribution in [0.15, 0.2) is 24.3 Å². The van der Waals surface area contributed by atoms with Gasteiger partial charge in [0, 0.05) is 32.4 Å². The Bertz CT molecular complexity index is 544. The number of amides is 3. The maximum absolute atomic E-state index is 13.0. The van der Waals surface area contributed by atoms with Crippen LogP contribution in [-0.2, 0) is 20.8 Å². The highest BCUT2D eigenvalue weighted by Crippen LogP contribution is 2.11. The van der Waals surface area contributed by atoms with Crippen LogP contribution in [0.4, 0.5) is 4.39 Å². The molecule has 5 nitrogen and oxygen atoms in total. The van der Waals surface area contributed by atoms with Crippen LogP contribution in [0.5, 0.6) is 0 Å². The highest BCUT2D eigenvalue weighted by atomic mass is 19.1. The monoisotopic (exact) mass is 292 g/mol. The zero-order valence-electron chi connectivity index (χ0n) is 11.6. The van der Waals surface area contributed by atoms with Gasteiger partial charge >= 0.3 is 0 Å². The lowest BCUT2D eigenvalue weighted by Crippen LogP contribution is -2.34. The number of nitrogens with one attached hydrogen (secondary N) is 1. The highest BCUT2D eigenvalue weighted by molar-refractivity contribution is 6.02. The number of benzene rings is 1. The van der Waals surface area contributed by atoms with Crippen LogP contribution < -0.4 is 5.32 Å². The summed E-state index contributed by atoms with van der Waals surface area (Å²) < 4.78 is 13.0. The molecule has 0 aromatic heterocycles. The fourth-order valence-corrected chi connectivity index (χ4v) is 2.21. The minimum atomic E-state index is -0.301. The van der Waals surface area contributed by atoms with E-state index in [0.29, 0.717) is 13.0 Å². The number of likely N-dealkylation sites (tertiary alicyclic amines) is 1. The molecule has 6 heteroatoms. The van der Waals surface area contributed by atoms with Gasteiger partial charge in [0.25, 0.3) is 0 Å². The molecule has 0 atom stereocenters. The molecule has 1 fully saturated rings. The van der Waals surface area contributed by atoms with Gasteiger partial charge in [-0.2, -0.15) is 0 Å². The molecular weight excluding hydrogens is 275 g/mol. The first-order chi connectivity index (χ1) is 10.1. The molecule has 1 aliphatic heterocycles. The average molecular weight is 292 g/mol. The Morgan fingerprint density at radius 3 is 2.62 bits per heavy atom. The van der Waals surface area contributed by atoms with Crippen LogP contribution in [0.1, 0.15) is 24.8 Å². The molecule has 112 valence electrons. The Kier molecular flexibility index (Phi) is 5.03. The number of hydrogen-bond donors (Lipinski definition) is 1. The Balaban J connectivity index is 1.68. The van der Waals surface area contributed by atoms with Gasteiger partial charge in [0.2, 0.25) is 17.7 Å². The first kappa shape index (κ1) is 15.2. The standard InChI is InChI=1S/C15H17FN2O3/c16-12-3-1-2-11(10-12)6-8-17-13(19)7-9-18-14(20)4-5-15(18)21/h1-3,10H,4-9H2,(H,17,19). The first-order valence-electron chi connectivity index (χ1n) is 6.90. The van der Waals surface area contributed by atoms with E-state index >= 15 is 0 Å². The van der Waals surface area contributed by atoms with Crippen LogP contribution in [-0.4, -0.2) is 35.7 Å². The molecule has 1 heterocycles. The minimum Gasteiger partial charge on any atom is -0.356 e. The van der Waals surface area contributed by atoms with E-state index in [4.69, 9.17) is 0 Å². The van der Waals surface area contributed by atoms with Gasteiger partial charge in [0.05, 0.1) is 0 Å². The zero-order valence-corrected chi connectivity index (χ0v) is 11.6. The van der Waals surface area contributed by atoms with Gasteiger partial charge in [-0.3, -0.25) is 19.3 Å². The second-order valence-corrected chi connectivity index (χ2v) is 4.92. The molecule has 1 saturated heterocycles. The lowest BCUT2D eigenvalue weighted by atomic mass is 10.1. The van der Waals surface area contributed by atoms with Crippen molar-refractivity contribution >= 4 is 17.7 Å². The Hall–Kier alpha value is -2.24. The van der Waals surface area contributed by atoms with Crippen molar-refractivity contribution in [1.29, 1.82) is 0 Å². The van der Waals surface area contributed by atoms with Crippen molar-refractivity contribution < 1.29 is 18.8 Å². The molecule has 21 heavy (non-hydrogen) atoms. The van der Waals surface area contributed by atoms with E-state index in [9.17, 15) is 18.8 Å². The van der Waals surface area contributed by atoms with Gasteiger partial charge in [-0.1, -0.05) is 12.1 Å². The first-order valence-corrected chi connectivity index (χ1v) is 6.90. The molecule has 0 unspecified atom stereocenters. The van der Waals surface area contributed by atoms with E-state index in [1.165, 1.54) is 12.1 Å². The summed E-state index contributed by atoms with van der Waals surface area (Å²) >= 11 is 0.